The van der Waals surface area contributed by atoms with Gasteiger partial charge >= 0.3 is 11.9 Å². The third-order valence-corrected chi connectivity index (χ3v) is 7.08. The molecule has 3 saturated carbocycles. The molecule has 5 nitrogen and oxygen atoms in total. The van der Waals surface area contributed by atoms with Gasteiger partial charge in [-0.25, -0.2) is 0 Å². The van der Waals surface area contributed by atoms with Gasteiger partial charge in [-0.1, -0.05) is 12.2 Å². The van der Waals surface area contributed by atoms with Crippen molar-refractivity contribution >= 4 is 17.7 Å². The van der Waals surface area contributed by atoms with Gasteiger partial charge in [0.2, 0.25) is 0 Å². The van der Waals surface area contributed by atoms with Gasteiger partial charge in [-0.05, 0) is 77.6 Å². The summed E-state index contributed by atoms with van der Waals surface area (Å²) >= 11 is 0. The van der Waals surface area contributed by atoms with E-state index in [0.717, 1.165) is 38.5 Å². The van der Waals surface area contributed by atoms with Crippen LogP contribution in [0.1, 0.15) is 65.7 Å². The molecular formula is C23H32O5. The molecule has 7 atom stereocenters. The Morgan fingerprint density at radius 3 is 2.29 bits per heavy atom. The van der Waals surface area contributed by atoms with Crippen LogP contribution in [0.25, 0.3) is 0 Å². The summed E-state index contributed by atoms with van der Waals surface area (Å²) in [7, 11) is 0. The number of hydrogen-bond acceptors (Lipinski definition) is 5. The van der Waals surface area contributed by atoms with E-state index in [2.05, 4.69) is 0 Å². The number of ether oxygens (including phenoxy) is 2. The second-order valence-corrected chi connectivity index (χ2v) is 10.2. The van der Waals surface area contributed by atoms with Gasteiger partial charge in [-0.2, -0.15) is 0 Å². The summed E-state index contributed by atoms with van der Waals surface area (Å²) in [5.74, 6) is 0.393. The highest BCUT2D eigenvalue weighted by Gasteiger charge is 2.48. The summed E-state index contributed by atoms with van der Waals surface area (Å²) in [6.07, 6.45) is 9.91. The van der Waals surface area contributed by atoms with Gasteiger partial charge in [0.25, 0.3) is 0 Å². The topological polar surface area (TPSA) is 69.7 Å². The fourth-order valence-corrected chi connectivity index (χ4v) is 5.68. The van der Waals surface area contributed by atoms with Gasteiger partial charge in [-0.3, -0.25) is 14.4 Å². The second-order valence-electron chi connectivity index (χ2n) is 10.2. The van der Waals surface area contributed by atoms with Crippen LogP contribution in [0.4, 0.5) is 0 Å². The van der Waals surface area contributed by atoms with Gasteiger partial charge in [0.15, 0.2) is 0 Å². The molecule has 7 unspecified atom stereocenters. The Bertz CT molecular complexity index is 688. The number of ketones is 1. The minimum Gasteiger partial charge on any atom is -0.462 e. The molecule has 154 valence electrons. The van der Waals surface area contributed by atoms with Crippen LogP contribution >= 0.6 is 0 Å². The summed E-state index contributed by atoms with van der Waals surface area (Å²) in [6, 6.07) is 0. The van der Waals surface area contributed by atoms with Crippen LogP contribution in [0.15, 0.2) is 12.2 Å². The monoisotopic (exact) mass is 388 g/mol. The zero-order valence-electron chi connectivity index (χ0n) is 17.2. The number of carbonyl (C=O) groups is 3. The minimum atomic E-state index is -0.434. The summed E-state index contributed by atoms with van der Waals surface area (Å²) in [5, 5.41) is 0. The van der Waals surface area contributed by atoms with Crippen LogP contribution in [-0.4, -0.2) is 29.4 Å². The van der Waals surface area contributed by atoms with E-state index in [9.17, 15) is 14.4 Å². The highest BCUT2D eigenvalue weighted by Crippen LogP contribution is 2.45. The first-order valence-corrected chi connectivity index (χ1v) is 10.9. The number of Topliss-reactive ketones (excluding diaryl/α,β-unsaturated/α-hetero) is 1. The van der Waals surface area contributed by atoms with Crippen molar-refractivity contribution in [1.82, 2.24) is 0 Å². The molecule has 0 aromatic heterocycles. The van der Waals surface area contributed by atoms with E-state index in [1.54, 1.807) is 0 Å². The average Bonchev–Trinajstić information content (AvgIpc) is 3.14. The predicted octanol–water partition coefficient (Wildman–Crippen LogP) is 3.85. The quantitative estimate of drug-likeness (QED) is 0.543. The molecule has 0 saturated heterocycles. The van der Waals surface area contributed by atoms with Crippen molar-refractivity contribution in [2.24, 2.45) is 35.5 Å². The fourth-order valence-electron chi connectivity index (χ4n) is 5.68. The first-order valence-electron chi connectivity index (χ1n) is 10.9. The Balaban J connectivity index is 1.27. The van der Waals surface area contributed by atoms with Gasteiger partial charge in [-0.15, -0.1) is 0 Å². The van der Waals surface area contributed by atoms with E-state index in [4.69, 9.17) is 9.47 Å². The lowest BCUT2D eigenvalue weighted by molar-refractivity contribution is -0.164. The zero-order valence-corrected chi connectivity index (χ0v) is 17.2. The normalized spacial score (nSPS) is 39.5. The zero-order chi connectivity index (χ0) is 20.1. The lowest BCUT2D eigenvalue weighted by Gasteiger charge is -2.41. The molecule has 0 aliphatic heterocycles. The second kappa shape index (κ2) is 7.31. The Kier molecular flexibility index (Phi) is 5.13. The lowest BCUT2D eigenvalue weighted by Crippen LogP contribution is -2.39. The van der Waals surface area contributed by atoms with Gasteiger partial charge in [0.05, 0.1) is 11.8 Å². The summed E-state index contributed by atoms with van der Waals surface area (Å²) < 4.78 is 11.4. The molecule has 4 aliphatic rings. The molecule has 4 rings (SSSR count). The largest absolute Gasteiger partial charge is 0.462 e. The number of carbonyl (C=O) groups excluding carboxylic acids is 3. The van der Waals surface area contributed by atoms with Crippen LogP contribution in [0, 0.1) is 35.5 Å². The van der Waals surface area contributed by atoms with Gasteiger partial charge < -0.3 is 9.47 Å². The van der Waals surface area contributed by atoms with Crippen LogP contribution in [-0.2, 0) is 23.9 Å². The number of hydrogen-bond donors (Lipinski definition) is 0. The minimum absolute atomic E-state index is 0.00594. The molecule has 0 spiro atoms. The molecule has 0 N–H and O–H groups in total. The standard InChI is InChI=1S/C23H32O5/c1-23(2,3)28-21(25)16-5-4-14-11-17(8-6-13(14)10-16)27-22(26)19-12-15-7-9-18(19)20(15)24/h7,9,13-19H,4-6,8,10-12H2,1-3H3. The lowest BCUT2D eigenvalue weighted by atomic mass is 9.67. The molecular weight excluding hydrogens is 356 g/mol. The fraction of sp³-hybridized carbons (Fsp3) is 0.783. The number of allylic oxidation sites excluding steroid dienone is 2. The van der Waals surface area contributed by atoms with E-state index in [1.807, 2.05) is 32.9 Å². The Hall–Kier alpha value is -1.65. The smallest absolute Gasteiger partial charge is 0.310 e. The highest BCUT2D eigenvalue weighted by molar-refractivity contribution is 5.96. The summed E-state index contributed by atoms with van der Waals surface area (Å²) in [6.45, 7) is 5.74. The van der Waals surface area contributed by atoms with Crippen molar-refractivity contribution in [3.63, 3.8) is 0 Å². The average molecular weight is 389 g/mol. The van der Waals surface area contributed by atoms with E-state index in [0.29, 0.717) is 18.3 Å². The van der Waals surface area contributed by atoms with E-state index < -0.39 is 5.60 Å². The van der Waals surface area contributed by atoms with Crippen LogP contribution in [0.5, 0.6) is 0 Å². The van der Waals surface area contributed by atoms with Crippen molar-refractivity contribution in [3.8, 4) is 0 Å². The van der Waals surface area contributed by atoms with Crippen LogP contribution in [0.2, 0.25) is 0 Å². The summed E-state index contributed by atoms with van der Waals surface area (Å²) in [5.41, 5.74) is -0.434. The molecule has 28 heavy (non-hydrogen) atoms. The molecule has 4 aliphatic carbocycles. The molecule has 0 aromatic carbocycles. The van der Waals surface area contributed by atoms with E-state index in [1.165, 1.54) is 0 Å². The highest BCUT2D eigenvalue weighted by atomic mass is 16.6. The maximum Gasteiger partial charge on any atom is 0.310 e. The molecule has 0 radical (unpaired) electrons. The molecule has 5 heteroatoms. The van der Waals surface area contributed by atoms with Gasteiger partial charge in [0.1, 0.15) is 17.5 Å². The Morgan fingerprint density at radius 2 is 1.64 bits per heavy atom. The molecule has 0 amide bonds. The Morgan fingerprint density at radius 1 is 0.929 bits per heavy atom. The first-order chi connectivity index (χ1) is 13.2. The van der Waals surface area contributed by atoms with Gasteiger partial charge in [0, 0.05) is 11.8 Å². The van der Waals surface area contributed by atoms with Crippen LogP contribution in [0.3, 0.4) is 0 Å². The van der Waals surface area contributed by atoms with E-state index in [-0.39, 0.29) is 47.5 Å². The first kappa shape index (κ1) is 19.7. The van der Waals surface area contributed by atoms with E-state index >= 15 is 0 Å². The van der Waals surface area contributed by atoms with Crippen molar-refractivity contribution in [1.29, 1.82) is 0 Å². The molecule has 3 fully saturated rings. The summed E-state index contributed by atoms with van der Waals surface area (Å²) in [4.78, 5) is 37.1. The Labute approximate surface area is 167 Å². The maximum absolute atomic E-state index is 12.6. The molecule has 0 aromatic rings. The van der Waals surface area contributed by atoms with Crippen molar-refractivity contribution in [2.45, 2.75) is 77.4 Å². The third kappa shape index (κ3) is 3.90. The van der Waals surface area contributed by atoms with Crippen molar-refractivity contribution in [2.75, 3.05) is 0 Å². The number of rotatable bonds is 3. The SMILES string of the molecule is CC(C)(C)OC(=O)C1CCC2CC(OC(=O)C3CC4C=CC3C4=O)CCC2C1. The van der Waals surface area contributed by atoms with Crippen LogP contribution < -0.4 is 0 Å². The number of esters is 2. The molecule has 2 bridgehead atoms. The molecule has 0 heterocycles. The predicted molar refractivity (Wildman–Crippen MR) is 103 cm³/mol. The maximum atomic E-state index is 12.6. The van der Waals surface area contributed by atoms with Crippen molar-refractivity contribution in [3.05, 3.63) is 12.2 Å². The third-order valence-electron chi connectivity index (χ3n) is 7.08. The van der Waals surface area contributed by atoms with Crippen molar-refractivity contribution < 1.29 is 23.9 Å². The number of fused-ring (bicyclic) bond motifs is 3.